The monoisotopic (exact) mass is 255 g/mol. The third-order valence-corrected chi connectivity index (χ3v) is 3.94. The molecule has 2 heterocycles. The predicted molar refractivity (Wildman–Crippen MR) is 68.9 cm³/mol. The van der Waals surface area contributed by atoms with Crippen molar-refractivity contribution in [1.82, 2.24) is 5.06 Å². The maximum atomic E-state index is 12.2. The van der Waals surface area contributed by atoms with Gasteiger partial charge in [-0.1, -0.05) is 19.8 Å². The first kappa shape index (κ1) is 13.8. The number of carbonyl (C=O) groups excluding carboxylic acids is 1. The summed E-state index contributed by atoms with van der Waals surface area (Å²) in [6.45, 7) is 8.57. The van der Waals surface area contributed by atoms with Crippen molar-refractivity contribution in [3.05, 3.63) is 0 Å². The van der Waals surface area contributed by atoms with Gasteiger partial charge < -0.3 is 4.74 Å². The van der Waals surface area contributed by atoms with Gasteiger partial charge in [0.05, 0.1) is 12.2 Å². The highest BCUT2D eigenvalue weighted by Crippen LogP contribution is 2.52. The zero-order valence-electron chi connectivity index (χ0n) is 12.0. The molecule has 0 N–H and O–H groups in total. The molecule has 0 bridgehead atoms. The van der Waals surface area contributed by atoms with Crippen LogP contribution in [-0.2, 0) is 14.4 Å². The summed E-state index contributed by atoms with van der Waals surface area (Å²) < 4.78 is 5.24. The van der Waals surface area contributed by atoms with Gasteiger partial charge in [-0.05, 0) is 33.6 Å². The average Bonchev–Trinajstić information content (AvgIpc) is 2.50. The van der Waals surface area contributed by atoms with E-state index < -0.39 is 5.54 Å². The topological polar surface area (TPSA) is 38.8 Å². The van der Waals surface area contributed by atoms with Gasteiger partial charge in [0, 0.05) is 12.5 Å². The molecule has 2 fully saturated rings. The van der Waals surface area contributed by atoms with Crippen LogP contribution >= 0.6 is 0 Å². The minimum Gasteiger partial charge on any atom is -0.465 e. The van der Waals surface area contributed by atoms with E-state index >= 15 is 0 Å². The summed E-state index contributed by atoms with van der Waals surface area (Å²) >= 11 is 0. The van der Waals surface area contributed by atoms with Crippen LogP contribution in [0.25, 0.3) is 0 Å². The molecular weight excluding hydrogens is 230 g/mol. The number of nitrogens with zero attached hydrogens (tertiary/aromatic N) is 1. The molecule has 18 heavy (non-hydrogen) atoms. The number of carbonyl (C=O) groups is 1. The van der Waals surface area contributed by atoms with E-state index in [0.717, 1.165) is 19.3 Å². The van der Waals surface area contributed by atoms with Crippen LogP contribution in [0.15, 0.2) is 0 Å². The lowest BCUT2D eigenvalue weighted by atomic mass is 9.74. The van der Waals surface area contributed by atoms with Gasteiger partial charge in [0.25, 0.3) is 0 Å². The van der Waals surface area contributed by atoms with Crippen LogP contribution < -0.4 is 0 Å². The smallest absolute Gasteiger partial charge is 0.329 e. The molecule has 4 nitrogen and oxygen atoms in total. The fourth-order valence-electron chi connectivity index (χ4n) is 3.28. The maximum absolute atomic E-state index is 12.2. The lowest BCUT2D eigenvalue weighted by Crippen LogP contribution is -2.66. The van der Waals surface area contributed by atoms with E-state index in [-0.39, 0.29) is 11.6 Å². The van der Waals surface area contributed by atoms with Gasteiger partial charge in [-0.2, -0.15) is 5.06 Å². The summed E-state index contributed by atoms with van der Waals surface area (Å²) in [5, 5.41) is 1.93. The van der Waals surface area contributed by atoms with E-state index in [1.807, 2.05) is 25.8 Å². The molecule has 0 aliphatic carbocycles. The van der Waals surface area contributed by atoms with Crippen molar-refractivity contribution in [3.8, 4) is 0 Å². The molecule has 0 spiro atoms. The van der Waals surface area contributed by atoms with Crippen LogP contribution in [-0.4, -0.2) is 34.8 Å². The Morgan fingerprint density at radius 2 is 2.17 bits per heavy atom. The molecule has 2 aliphatic rings. The second-order valence-corrected chi connectivity index (χ2v) is 6.11. The lowest BCUT2D eigenvalue weighted by molar-refractivity contribution is -0.285. The second-order valence-electron chi connectivity index (χ2n) is 6.11. The number of hydroxylamine groups is 2. The zero-order chi connectivity index (χ0) is 13.4. The predicted octanol–water partition coefficient (Wildman–Crippen LogP) is 2.67. The normalized spacial score (nSPS) is 33.9. The van der Waals surface area contributed by atoms with E-state index in [4.69, 9.17) is 9.57 Å². The quantitative estimate of drug-likeness (QED) is 0.708. The molecule has 0 radical (unpaired) electrons. The first-order valence-corrected chi connectivity index (χ1v) is 7.11. The molecule has 2 atom stereocenters. The standard InChI is InChI=1S/C14H25NO3/c1-5-7-8-11-9-14(12(16)17-6-2)10-13(3,4)18-15(11)14/h11H,5-10H2,1-4H3/t11-,14+/m1/s1. The third kappa shape index (κ3) is 2.16. The summed E-state index contributed by atoms with van der Waals surface area (Å²) in [5.74, 6) is -0.108. The molecule has 0 amide bonds. The molecule has 104 valence electrons. The van der Waals surface area contributed by atoms with Gasteiger partial charge in [-0.3, -0.25) is 4.84 Å². The lowest BCUT2D eigenvalue weighted by Gasteiger charge is -2.50. The minimum atomic E-state index is -0.502. The highest BCUT2D eigenvalue weighted by molar-refractivity contribution is 5.82. The van der Waals surface area contributed by atoms with Gasteiger partial charge in [0.2, 0.25) is 0 Å². The number of esters is 1. The number of hydrogen-bond donors (Lipinski definition) is 0. The van der Waals surface area contributed by atoms with Crippen molar-refractivity contribution in [2.75, 3.05) is 6.61 Å². The summed E-state index contributed by atoms with van der Waals surface area (Å²) in [6, 6.07) is 0.385. The molecule has 0 aromatic rings. The summed E-state index contributed by atoms with van der Waals surface area (Å²) in [7, 11) is 0. The van der Waals surface area contributed by atoms with E-state index in [1.165, 1.54) is 12.8 Å². The fourth-order valence-corrected chi connectivity index (χ4v) is 3.28. The number of ether oxygens (including phenoxy) is 1. The molecule has 0 aromatic heterocycles. The van der Waals surface area contributed by atoms with Crippen molar-refractivity contribution >= 4 is 5.97 Å². The Bertz CT molecular complexity index is 329. The first-order chi connectivity index (χ1) is 8.45. The molecule has 0 unspecified atom stereocenters. The van der Waals surface area contributed by atoms with E-state index in [0.29, 0.717) is 12.6 Å². The molecule has 2 aliphatic heterocycles. The zero-order valence-corrected chi connectivity index (χ0v) is 12.0. The molecule has 2 rings (SSSR count). The Labute approximate surface area is 110 Å². The van der Waals surface area contributed by atoms with Gasteiger partial charge in [0.1, 0.15) is 5.54 Å². The van der Waals surface area contributed by atoms with Crippen LogP contribution in [0, 0.1) is 0 Å². The molecule has 4 heteroatoms. The minimum absolute atomic E-state index is 0.108. The molecular formula is C14H25NO3. The number of unbranched alkanes of at least 4 members (excludes halogenated alkanes) is 1. The number of hydrogen-bond acceptors (Lipinski definition) is 4. The summed E-state index contributed by atoms with van der Waals surface area (Å²) in [5.41, 5.74) is -0.758. The second kappa shape index (κ2) is 4.82. The van der Waals surface area contributed by atoms with Gasteiger partial charge in [0.15, 0.2) is 0 Å². The third-order valence-electron chi connectivity index (χ3n) is 3.94. The van der Waals surface area contributed by atoms with Crippen molar-refractivity contribution in [1.29, 1.82) is 0 Å². The average molecular weight is 255 g/mol. The first-order valence-electron chi connectivity index (χ1n) is 7.11. The number of rotatable bonds is 5. The largest absolute Gasteiger partial charge is 0.465 e. The SMILES string of the molecule is CCCC[C@@H]1C[C@@]2(C(=O)OCC)CC(C)(C)ON12. The number of fused-ring (bicyclic) bond motifs is 1. The Hall–Kier alpha value is -0.610. The van der Waals surface area contributed by atoms with Crippen LogP contribution in [0.1, 0.15) is 59.8 Å². The van der Waals surface area contributed by atoms with Crippen molar-refractivity contribution < 1.29 is 14.4 Å². The van der Waals surface area contributed by atoms with Gasteiger partial charge in [-0.15, -0.1) is 0 Å². The summed E-state index contributed by atoms with van der Waals surface area (Å²) in [4.78, 5) is 18.2. The maximum Gasteiger partial charge on any atom is 0.329 e. The summed E-state index contributed by atoms with van der Waals surface area (Å²) in [6.07, 6.45) is 5.09. The Morgan fingerprint density at radius 3 is 2.78 bits per heavy atom. The molecule has 2 saturated heterocycles. The van der Waals surface area contributed by atoms with E-state index in [9.17, 15) is 4.79 Å². The highest BCUT2D eigenvalue weighted by atomic mass is 16.7. The van der Waals surface area contributed by atoms with Crippen LogP contribution in [0.3, 0.4) is 0 Å². The van der Waals surface area contributed by atoms with Crippen molar-refractivity contribution in [2.24, 2.45) is 0 Å². The Balaban J connectivity index is 2.08. The molecule has 0 aromatic carbocycles. The van der Waals surface area contributed by atoms with Crippen LogP contribution in [0.2, 0.25) is 0 Å². The van der Waals surface area contributed by atoms with E-state index in [1.54, 1.807) is 0 Å². The Morgan fingerprint density at radius 1 is 1.44 bits per heavy atom. The van der Waals surface area contributed by atoms with Crippen molar-refractivity contribution in [2.45, 2.75) is 77.0 Å². The highest BCUT2D eigenvalue weighted by Gasteiger charge is 2.66. The van der Waals surface area contributed by atoms with Gasteiger partial charge >= 0.3 is 5.97 Å². The van der Waals surface area contributed by atoms with Crippen LogP contribution in [0.4, 0.5) is 0 Å². The fraction of sp³-hybridized carbons (Fsp3) is 0.929. The van der Waals surface area contributed by atoms with Crippen LogP contribution in [0.5, 0.6) is 0 Å². The van der Waals surface area contributed by atoms with Gasteiger partial charge in [-0.25, -0.2) is 4.79 Å². The van der Waals surface area contributed by atoms with Crippen molar-refractivity contribution in [3.63, 3.8) is 0 Å². The molecule has 0 saturated carbocycles. The van der Waals surface area contributed by atoms with E-state index in [2.05, 4.69) is 6.92 Å². The Kier molecular flexibility index (Phi) is 3.70.